The SMILES string of the molecule is OC1(c2ccccn2)CC(OCc2ccccc2)C1. The van der Waals surface area contributed by atoms with Crippen LogP contribution in [0, 0.1) is 0 Å². The van der Waals surface area contributed by atoms with E-state index >= 15 is 0 Å². The van der Waals surface area contributed by atoms with Crippen LogP contribution in [0.5, 0.6) is 0 Å². The number of nitrogens with zero attached hydrogens (tertiary/aromatic N) is 1. The van der Waals surface area contributed by atoms with Crippen molar-refractivity contribution in [2.45, 2.75) is 31.2 Å². The van der Waals surface area contributed by atoms with E-state index in [1.807, 2.05) is 48.5 Å². The van der Waals surface area contributed by atoms with Crippen molar-refractivity contribution in [3.8, 4) is 0 Å². The van der Waals surface area contributed by atoms with E-state index in [1.54, 1.807) is 6.20 Å². The first-order chi connectivity index (χ1) is 9.26. The fraction of sp³-hybridized carbons (Fsp3) is 0.312. The molecule has 0 bridgehead atoms. The van der Waals surface area contributed by atoms with Crippen LogP contribution in [0.25, 0.3) is 0 Å². The van der Waals surface area contributed by atoms with Gasteiger partial charge in [0.05, 0.1) is 18.4 Å². The van der Waals surface area contributed by atoms with E-state index in [1.165, 1.54) is 0 Å². The minimum Gasteiger partial charge on any atom is -0.383 e. The summed E-state index contributed by atoms with van der Waals surface area (Å²) in [7, 11) is 0. The number of hydrogen-bond donors (Lipinski definition) is 1. The summed E-state index contributed by atoms with van der Waals surface area (Å²) >= 11 is 0. The molecular formula is C16H17NO2. The van der Waals surface area contributed by atoms with Crippen molar-refractivity contribution < 1.29 is 9.84 Å². The van der Waals surface area contributed by atoms with E-state index < -0.39 is 5.60 Å². The van der Waals surface area contributed by atoms with Crippen LogP contribution in [0.2, 0.25) is 0 Å². The maximum absolute atomic E-state index is 10.4. The Labute approximate surface area is 112 Å². The van der Waals surface area contributed by atoms with Gasteiger partial charge in [0.15, 0.2) is 0 Å². The maximum Gasteiger partial charge on any atom is 0.111 e. The molecule has 0 atom stereocenters. The Morgan fingerprint density at radius 2 is 1.84 bits per heavy atom. The van der Waals surface area contributed by atoms with Crippen molar-refractivity contribution in [2.24, 2.45) is 0 Å². The van der Waals surface area contributed by atoms with Crippen molar-refractivity contribution in [1.29, 1.82) is 0 Å². The van der Waals surface area contributed by atoms with Gasteiger partial charge in [-0.2, -0.15) is 0 Å². The molecular weight excluding hydrogens is 238 g/mol. The number of ether oxygens (including phenoxy) is 1. The fourth-order valence-corrected chi connectivity index (χ4v) is 2.45. The third-order valence-electron chi connectivity index (χ3n) is 3.60. The normalized spacial score (nSPS) is 25.8. The van der Waals surface area contributed by atoms with Gasteiger partial charge in [0.2, 0.25) is 0 Å². The van der Waals surface area contributed by atoms with Gasteiger partial charge in [-0.3, -0.25) is 4.98 Å². The van der Waals surface area contributed by atoms with Gasteiger partial charge in [-0.15, -0.1) is 0 Å². The zero-order chi connectivity index (χ0) is 13.1. The molecule has 3 heteroatoms. The molecule has 0 radical (unpaired) electrons. The van der Waals surface area contributed by atoms with Gasteiger partial charge in [0.25, 0.3) is 0 Å². The molecule has 0 spiro atoms. The van der Waals surface area contributed by atoms with E-state index in [4.69, 9.17) is 4.74 Å². The summed E-state index contributed by atoms with van der Waals surface area (Å²) in [6, 6.07) is 15.7. The van der Waals surface area contributed by atoms with Gasteiger partial charge in [-0.05, 0) is 17.7 Å². The number of rotatable bonds is 4. The Kier molecular flexibility index (Phi) is 3.32. The molecule has 0 aliphatic heterocycles. The zero-order valence-electron chi connectivity index (χ0n) is 10.7. The summed E-state index contributed by atoms with van der Waals surface area (Å²) in [5.74, 6) is 0. The van der Waals surface area contributed by atoms with Crippen LogP contribution in [0.3, 0.4) is 0 Å². The molecule has 3 nitrogen and oxygen atoms in total. The molecule has 19 heavy (non-hydrogen) atoms. The van der Waals surface area contributed by atoms with Gasteiger partial charge in [0.1, 0.15) is 5.60 Å². The molecule has 3 rings (SSSR count). The van der Waals surface area contributed by atoms with Crippen LogP contribution >= 0.6 is 0 Å². The van der Waals surface area contributed by atoms with Crippen LogP contribution in [0.1, 0.15) is 24.1 Å². The molecule has 2 aromatic rings. The van der Waals surface area contributed by atoms with Crippen molar-refractivity contribution in [3.63, 3.8) is 0 Å². The predicted octanol–water partition coefficient (Wildman–Crippen LogP) is 2.65. The third kappa shape index (κ3) is 2.67. The zero-order valence-corrected chi connectivity index (χ0v) is 10.7. The molecule has 1 aliphatic carbocycles. The lowest BCUT2D eigenvalue weighted by atomic mass is 9.75. The standard InChI is InChI=1S/C16H17NO2/c18-16(15-8-4-5-9-17-15)10-14(11-16)19-12-13-6-2-1-3-7-13/h1-9,14,18H,10-12H2. The quantitative estimate of drug-likeness (QED) is 0.913. The van der Waals surface area contributed by atoms with Crippen LogP contribution in [0.15, 0.2) is 54.7 Å². The highest BCUT2D eigenvalue weighted by atomic mass is 16.5. The second kappa shape index (κ2) is 5.11. The Balaban J connectivity index is 1.53. The Hall–Kier alpha value is -1.71. The summed E-state index contributed by atoms with van der Waals surface area (Å²) in [4.78, 5) is 4.22. The highest BCUT2D eigenvalue weighted by molar-refractivity contribution is 5.18. The molecule has 1 fully saturated rings. The highest BCUT2D eigenvalue weighted by Gasteiger charge is 2.45. The Morgan fingerprint density at radius 3 is 2.53 bits per heavy atom. The molecule has 1 aromatic heterocycles. The largest absolute Gasteiger partial charge is 0.383 e. The molecule has 1 aromatic carbocycles. The lowest BCUT2D eigenvalue weighted by Crippen LogP contribution is -2.46. The molecule has 1 heterocycles. The minimum atomic E-state index is -0.803. The van der Waals surface area contributed by atoms with Gasteiger partial charge >= 0.3 is 0 Å². The number of hydrogen-bond acceptors (Lipinski definition) is 3. The van der Waals surface area contributed by atoms with Crippen LogP contribution in [-0.4, -0.2) is 16.2 Å². The number of aromatic nitrogens is 1. The first kappa shape index (κ1) is 12.3. The van der Waals surface area contributed by atoms with Crippen molar-refractivity contribution in [1.82, 2.24) is 4.98 Å². The molecule has 98 valence electrons. The van der Waals surface area contributed by atoms with Crippen molar-refractivity contribution in [3.05, 3.63) is 66.0 Å². The van der Waals surface area contributed by atoms with E-state index in [0.29, 0.717) is 19.4 Å². The Morgan fingerprint density at radius 1 is 1.11 bits per heavy atom. The number of pyridine rings is 1. The maximum atomic E-state index is 10.4. The smallest absolute Gasteiger partial charge is 0.111 e. The van der Waals surface area contributed by atoms with Gasteiger partial charge in [-0.1, -0.05) is 36.4 Å². The predicted molar refractivity (Wildman–Crippen MR) is 72.4 cm³/mol. The first-order valence-electron chi connectivity index (χ1n) is 6.56. The van der Waals surface area contributed by atoms with Crippen molar-refractivity contribution in [2.75, 3.05) is 0 Å². The summed E-state index contributed by atoms with van der Waals surface area (Å²) < 4.78 is 5.79. The average Bonchev–Trinajstić information content (AvgIpc) is 2.44. The lowest BCUT2D eigenvalue weighted by Gasteiger charge is -2.42. The van der Waals surface area contributed by atoms with Crippen LogP contribution in [-0.2, 0) is 16.9 Å². The average molecular weight is 255 g/mol. The molecule has 0 unspecified atom stereocenters. The second-order valence-electron chi connectivity index (χ2n) is 5.07. The van der Waals surface area contributed by atoms with E-state index in [9.17, 15) is 5.11 Å². The third-order valence-corrected chi connectivity index (χ3v) is 3.60. The summed E-state index contributed by atoms with van der Waals surface area (Å²) in [5.41, 5.74) is 1.10. The summed E-state index contributed by atoms with van der Waals surface area (Å²) in [6.45, 7) is 0.601. The van der Waals surface area contributed by atoms with Gasteiger partial charge < -0.3 is 9.84 Å². The minimum absolute atomic E-state index is 0.118. The van der Waals surface area contributed by atoms with Crippen LogP contribution < -0.4 is 0 Å². The van der Waals surface area contributed by atoms with Gasteiger partial charge in [0, 0.05) is 19.0 Å². The number of benzene rings is 1. The number of aliphatic hydroxyl groups is 1. The molecule has 1 saturated carbocycles. The fourth-order valence-electron chi connectivity index (χ4n) is 2.45. The first-order valence-corrected chi connectivity index (χ1v) is 6.56. The lowest BCUT2D eigenvalue weighted by molar-refractivity contribution is -0.151. The molecule has 1 aliphatic rings. The van der Waals surface area contributed by atoms with E-state index in [-0.39, 0.29) is 6.10 Å². The topological polar surface area (TPSA) is 42.4 Å². The van der Waals surface area contributed by atoms with Gasteiger partial charge in [-0.25, -0.2) is 0 Å². The molecule has 1 N–H and O–H groups in total. The summed E-state index contributed by atoms with van der Waals surface area (Å²) in [5, 5.41) is 10.4. The monoisotopic (exact) mass is 255 g/mol. The summed E-state index contributed by atoms with van der Waals surface area (Å²) in [6.07, 6.45) is 3.08. The van der Waals surface area contributed by atoms with Crippen molar-refractivity contribution >= 4 is 0 Å². The molecule has 0 saturated heterocycles. The van der Waals surface area contributed by atoms with Crippen LogP contribution in [0.4, 0.5) is 0 Å². The second-order valence-corrected chi connectivity index (χ2v) is 5.07. The highest BCUT2D eigenvalue weighted by Crippen LogP contribution is 2.42. The molecule has 0 amide bonds. The van der Waals surface area contributed by atoms with E-state index in [2.05, 4.69) is 4.98 Å². The Bertz CT molecular complexity index is 521. The van der Waals surface area contributed by atoms with E-state index in [0.717, 1.165) is 11.3 Å².